The van der Waals surface area contributed by atoms with Crippen molar-refractivity contribution in [1.82, 2.24) is 19.6 Å². The fraction of sp³-hybridized carbons (Fsp3) is 0.625. The van der Waals surface area contributed by atoms with E-state index in [0.29, 0.717) is 12.6 Å². The molecule has 1 aliphatic heterocycles. The van der Waals surface area contributed by atoms with Crippen LogP contribution in [-0.4, -0.2) is 33.3 Å². The second-order valence-corrected chi connectivity index (χ2v) is 5.77. The van der Waals surface area contributed by atoms with Crippen LogP contribution in [0.1, 0.15) is 49.5 Å². The molecule has 0 N–H and O–H groups in total. The van der Waals surface area contributed by atoms with Crippen LogP contribution in [0.4, 0.5) is 0 Å². The molecule has 1 aliphatic rings. The number of methoxy groups -OCH3 is 1. The van der Waals surface area contributed by atoms with E-state index in [1.807, 2.05) is 12.3 Å². The zero-order valence-corrected chi connectivity index (χ0v) is 13.4. The van der Waals surface area contributed by atoms with Gasteiger partial charge in [-0.1, -0.05) is 11.6 Å². The van der Waals surface area contributed by atoms with Crippen molar-refractivity contribution in [3.05, 3.63) is 35.7 Å². The molecule has 0 bridgehead atoms. The lowest BCUT2D eigenvalue weighted by atomic mass is 10.0. The molecule has 6 heteroatoms. The van der Waals surface area contributed by atoms with Gasteiger partial charge in [0.25, 0.3) is 0 Å². The van der Waals surface area contributed by atoms with E-state index in [1.54, 1.807) is 7.11 Å². The van der Waals surface area contributed by atoms with Crippen molar-refractivity contribution in [3.8, 4) is 0 Å². The maximum absolute atomic E-state index is 5.29. The van der Waals surface area contributed by atoms with Crippen molar-refractivity contribution in [2.75, 3.05) is 13.7 Å². The molecule has 0 saturated carbocycles. The van der Waals surface area contributed by atoms with E-state index in [4.69, 9.17) is 9.26 Å². The lowest BCUT2D eigenvalue weighted by Crippen LogP contribution is -2.34. The number of piperidine rings is 1. The minimum atomic E-state index is 0.367. The molecule has 0 aromatic carbocycles. The molecule has 1 unspecified atom stereocenters. The zero-order chi connectivity index (χ0) is 15.4. The number of ether oxygens (including phenoxy) is 1. The van der Waals surface area contributed by atoms with Gasteiger partial charge in [0.05, 0.1) is 11.7 Å². The predicted molar refractivity (Wildman–Crippen MR) is 82.1 cm³/mol. The number of likely N-dealkylation sites (tertiary alicyclic amines) is 1. The van der Waals surface area contributed by atoms with Crippen molar-refractivity contribution in [1.29, 1.82) is 0 Å². The van der Waals surface area contributed by atoms with Crippen LogP contribution in [0.2, 0.25) is 0 Å². The first-order valence-corrected chi connectivity index (χ1v) is 8.00. The van der Waals surface area contributed by atoms with Gasteiger partial charge in [-0.3, -0.25) is 4.90 Å². The third kappa shape index (κ3) is 3.23. The molecule has 120 valence electrons. The quantitative estimate of drug-likeness (QED) is 0.821. The molecular weight excluding hydrogens is 280 g/mol. The smallest absolute Gasteiger partial charge is 0.162 e. The average molecular weight is 304 g/mol. The van der Waals surface area contributed by atoms with Crippen LogP contribution in [-0.2, 0) is 24.4 Å². The van der Waals surface area contributed by atoms with E-state index >= 15 is 0 Å². The van der Waals surface area contributed by atoms with Gasteiger partial charge in [0.2, 0.25) is 0 Å². The Hall–Kier alpha value is -1.66. The second-order valence-electron chi connectivity index (χ2n) is 5.77. The molecule has 0 radical (unpaired) electrons. The standard InChI is InChI=1S/C16H24N4O2/c1-3-19-9-7-17-16(19)15-6-4-5-8-20(15)11-13-10-14(12-21-2)22-18-13/h7,9-10,15H,3-6,8,11-12H2,1-2H3. The van der Waals surface area contributed by atoms with E-state index in [9.17, 15) is 0 Å². The number of hydrogen-bond acceptors (Lipinski definition) is 5. The topological polar surface area (TPSA) is 56.3 Å². The van der Waals surface area contributed by atoms with Gasteiger partial charge < -0.3 is 13.8 Å². The molecule has 0 amide bonds. The monoisotopic (exact) mass is 304 g/mol. The molecule has 1 atom stereocenters. The second kappa shape index (κ2) is 7.07. The molecule has 3 rings (SSSR count). The van der Waals surface area contributed by atoms with Gasteiger partial charge in [-0.25, -0.2) is 4.98 Å². The van der Waals surface area contributed by atoms with Gasteiger partial charge in [0.1, 0.15) is 12.4 Å². The van der Waals surface area contributed by atoms with Crippen LogP contribution < -0.4 is 0 Å². The van der Waals surface area contributed by atoms with E-state index in [2.05, 4.69) is 32.7 Å². The first-order chi connectivity index (χ1) is 10.8. The van der Waals surface area contributed by atoms with Crippen LogP contribution in [0.3, 0.4) is 0 Å². The number of aromatic nitrogens is 3. The summed E-state index contributed by atoms with van der Waals surface area (Å²) in [6.07, 6.45) is 7.60. The Morgan fingerprint density at radius 3 is 3.14 bits per heavy atom. The fourth-order valence-electron chi connectivity index (χ4n) is 3.21. The summed E-state index contributed by atoms with van der Waals surface area (Å²) in [7, 11) is 1.66. The molecular formula is C16H24N4O2. The Bertz CT molecular complexity index is 592. The highest BCUT2D eigenvalue weighted by atomic mass is 16.5. The summed E-state index contributed by atoms with van der Waals surface area (Å²) >= 11 is 0. The molecule has 2 aromatic rings. The summed E-state index contributed by atoms with van der Waals surface area (Å²) < 4.78 is 12.6. The van der Waals surface area contributed by atoms with Crippen molar-refractivity contribution in [2.45, 2.75) is 51.9 Å². The van der Waals surface area contributed by atoms with Crippen LogP contribution in [0.25, 0.3) is 0 Å². The molecule has 0 aliphatic carbocycles. The minimum Gasteiger partial charge on any atom is -0.377 e. The fourth-order valence-corrected chi connectivity index (χ4v) is 3.21. The van der Waals surface area contributed by atoms with Crippen LogP contribution in [0, 0.1) is 0 Å². The summed E-state index contributed by atoms with van der Waals surface area (Å²) in [5.74, 6) is 1.95. The Kier molecular flexibility index (Phi) is 4.90. The Morgan fingerprint density at radius 1 is 1.41 bits per heavy atom. The summed E-state index contributed by atoms with van der Waals surface area (Å²) in [6, 6.07) is 2.35. The van der Waals surface area contributed by atoms with Crippen molar-refractivity contribution < 1.29 is 9.26 Å². The number of hydrogen-bond donors (Lipinski definition) is 0. The van der Waals surface area contributed by atoms with Crippen molar-refractivity contribution in [2.24, 2.45) is 0 Å². The lowest BCUT2D eigenvalue weighted by Gasteiger charge is -2.34. The lowest BCUT2D eigenvalue weighted by molar-refractivity contribution is 0.127. The summed E-state index contributed by atoms with van der Waals surface area (Å²) in [6.45, 7) is 5.47. The largest absolute Gasteiger partial charge is 0.377 e. The molecule has 3 heterocycles. The number of imidazole rings is 1. The van der Waals surface area contributed by atoms with E-state index in [1.165, 1.54) is 18.7 Å². The average Bonchev–Trinajstić information content (AvgIpc) is 3.17. The highest BCUT2D eigenvalue weighted by Gasteiger charge is 2.27. The molecule has 1 saturated heterocycles. The molecule has 2 aromatic heterocycles. The Balaban J connectivity index is 1.74. The molecule has 1 fully saturated rings. The van der Waals surface area contributed by atoms with Gasteiger partial charge in [-0.15, -0.1) is 0 Å². The van der Waals surface area contributed by atoms with E-state index in [-0.39, 0.29) is 0 Å². The number of nitrogens with zero attached hydrogens (tertiary/aromatic N) is 4. The van der Waals surface area contributed by atoms with Crippen molar-refractivity contribution in [3.63, 3.8) is 0 Å². The van der Waals surface area contributed by atoms with Gasteiger partial charge >= 0.3 is 0 Å². The zero-order valence-electron chi connectivity index (χ0n) is 13.4. The van der Waals surface area contributed by atoms with Gasteiger partial charge in [0, 0.05) is 38.7 Å². The Labute approximate surface area is 131 Å². The first-order valence-electron chi connectivity index (χ1n) is 8.00. The molecule has 22 heavy (non-hydrogen) atoms. The highest BCUT2D eigenvalue weighted by molar-refractivity contribution is 5.07. The van der Waals surface area contributed by atoms with Gasteiger partial charge in [-0.05, 0) is 26.3 Å². The summed E-state index contributed by atoms with van der Waals surface area (Å²) in [5.41, 5.74) is 0.966. The first kappa shape index (κ1) is 15.2. The third-order valence-corrected chi connectivity index (χ3v) is 4.26. The van der Waals surface area contributed by atoms with Crippen LogP contribution in [0.5, 0.6) is 0 Å². The highest BCUT2D eigenvalue weighted by Crippen LogP contribution is 2.31. The SMILES string of the molecule is CCn1ccnc1C1CCCCN1Cc1cc(COC)on1. The molecule has 0 spiro atoms. The normalized spacial score (nSPS) is 19.6. The van der Waals surface area contributed by atoms with E-state index in [0.717, 1.165) is 37.5 Å². The third-order valence-electron chi connectivity index (χ3n) is 4.26. The van der Waals surface area contributed by atoms with Crippen LogP contribution in [0.15, 0.2) is 23.0 Å². The number of aryl methyl sites for hydroxylation is 1. The van der Waals surface area contributed by atoms with Gasteiger partial charge in [-0.2, -0.15) is 0 Å². The maximum Gasteiger partial charge on any atom is 0.162 e. The van der Waals surface area contributed by atoms with Gasteiger partial charge in [0.15, 0.2) is 5.76 Å². The minimum absolute atomic E-state index is 0.367. The number of rotatable bonds is 6. The van der Waals surface area contributed by atoms with Crippen molar-refractivity contribution >= 4 is 0 Å². The summed E-state index contributed by atoms with van der Waals surface area (Å²) in [4.78, 5) is 7.06. The molecule has 6 nitrogen and oxygen atoms in total. The van der Waals surface area contributed by atoms with Crippen LogP contribution >= 0.6 is 0 Å². The Morgan fingerprint density at radius 2 is 2.32 bits per heavy atom. The summed E-state index contributed by atoms with van der Waals surface area (Å²) in [5, 5.41) is 4.16. The van der Waals surface area contributed by atoms with E-state index < -0.39 is 0 Å². The maximum atomic E-state index is 5.29. The predicted octanol–water partition coefficient (Wildman–Crippen LogP) is 2.76.